The van der Waals surface area contributed by atoms with Crippen molar-refractivity contribution in [3.63, 3.8) is 0 Å². The Hall–Kier alpha value is -5.84. The molecule has 5 aromatic rings. The molecule has 0 bridgehead atoms. The fraction of sp³-hybridized carbons (Fsp3) is 0.217. The van der Waals surface area contributed by atoms with Gasteiger partial charge in [-0.05, 0) is 45.7 Å². The van der Waals surface area contributed by atoms with Gasteiger partial charge in [0, 0.05) is 89.5 Å². The van der Waals surface area contributed by atoms with Crippen LogP contribution in [0, 0.1) is 0 Å². The lowest BCUT2D eigenvalue weighted by atomic mass is 9.95. The van der Waals surface area contributed by atoms with E-state index in [-0.39, 0.29) is 74.5 Å². The molecule has 2 atom stereocenters. The second-order valence-corrected chi connectivity index (χ2v) is 18.5. The molecule has 0 saturated heterocycles. The van der Waals surface area contributed by atoms with Crippen LogP contribution in [0.15, 0.2) is 103 Å². The summed E-state index contributed by atoms with van der Waals surface area (Å²) >= 11 is 12.8. The summed E-state index contributed by atoms with van der Waals surface area (Å²) in [5, 5.41) is 2.16. The molecule has 5 aromatic carbocycles. The number of imide groups is 1. The number of carbonyl (C=O) groups is 4. The predicted molar refractivity (Wildman–Crippen MR) is 252 cm³/mol. The molecule has 0 unspecified atom stereocenters. The van der Waals surface area contributed by atoms with Crippen molar-refractivity contribution in [1.29, 1.82) is 0 Å². The Morgan fingerprint density at radius 1 is 0.642 bits per heavy atom. The highest BCUT2D eigenvalue weighted by molar-refractivity contribution is 7.47. The summed E-state index contributed by atoms with van der Waals surface area (Å²) in [6.45, 7) is 0.526. The smallest absolute Gasteiger partial charge is 0.491 e. The van der Waals surface area contributed by atoms with Crippen molar-refractivity contribution in [1.82, 2.24) is 4.90 Å². The van der Waals surface area contributed by atoms with Crippen LogP contribution in [0.5, 0.6) is 17.2 Å². The number of phosphoric acid groups is 2. The van der Waals surface area contributed by atoms with Gasteiger partial charge in [0.05, 0.1) is 31.1 Å². The van der Waals surface area contributed by atoms with Gasteiger partial charge in [-0.2, -0.15) is 0 Å². The number of hydrogen-bond donors (Lipinski definition) is 4. The van der Waals surface area contributed by atoms with Crippen molar-refractivity contribution in [2.45, 2.75) is 11.8 Å². The molecule has 8 rings (SSSR count). The number of phosphoric ester groups is 2. The average molecular weight is 993 g/mol. The van der Waals surface area contributed by atoms with E-state index in [1.807, 2.05) is 0 Å². The molecule has 0 spiro atoms. The van der Waals surface area contributed by atoms with Crippen LogP contribution in [0.1, 0.15) is 34.1 Å². The van der Waals surface area contributed by atoms with Crippen molar-refractivity contribution in [2.75, 3.05) is 61.0 Å². The van der Waals surface area contributed by atoms with Crippen LogP contribution in [0.4, 0.5) is 11.4 Å². The molecule has 21 heteroatoms. The number of hydrogen-bond acceptors (Lipinski definition) is 10. The standard InChI is InChI=1S/C46H41Cl2N3O14P2/c47-24-30-26-50(36-22-39(64-66(56,57)58)32-5-1-3-7-34(32)45(30)36)43(54)13-10-28-9-11-29(38(21-28)63-20-19-62-18-17-49-41(52)15-16-42(49)53)12-14-44(55)51-27-31(25-48)46-35-8-4-2-6-33(35)40(23-37(46)51)65-67(59,60)61/h1-16,21-23,30-31H,17-20,24-27H2,(H2,56,57,58)(H2,59,60,61)/b13-10+,14-12+/t30-,31-/m1/s1. The van der Waals surface area contributed by atoms with Crippen molar-refractivity contribution in [3.05, 3.63) is 125 Å². The van der Waals surface area contributed by atoms with Crippen LogP contribution < -0.4 is 23.6 Å². The second kappa shape index (κ2) is 19.8. The lowest BCUT2D eigenvalue weighted by Crippen LogP contribution is -2.33. The summed E-state index contributed by atoms with van der Waals surface area (Å²) in [5.74, 6) is -1.98. The van der Waals surface area contributed by atoms with Crippen LogP contribution in [0.25, 0.3) is 33.7 Å². The van der Waals surface area contributed by atoms with Gasteiger partial charge < -0.3 is 28.3 Å². The van der Waals surface area contributed by atoms with E-state index in [2.05, 4.69) is 0 Å². The van der Waals surface area contributed by atoms with E-state index in [4.69, 9.17) is 41.7 Å². The molecular formula is C46H41Cl2N3O14P2. The Labute approximate surface area is 392 Å². The van der Waals surface area contributed by atoms with E-state index >= 15 is 0 Å². The Kier molecular flexibility index (Phi) is 14.1. The SMILES string of the molecule is O=C1C=CC(=O)N1CCOCCOc1cc(/C=C/C(=O)N2C[C@@H](CCl)c3c2cc(OP(=O)(O)O)c2ccccc32)ccc1/C=C/C(=O)N1C[C@@H](CCl)c2c1cc(OP(=O)(O)O)c1ccccc21. The maximum atomic E-state index is 14.0. The Bertz CT molecular complexity index is 2990. The van der Waals surface area contributed by atoms with E-state index < -0.39 is 39.3 Å². The molecule has 4 N–H and O–H groups in total. The number of halogens is 2. The molecule has 17 nitrogen and oxygen atoms in total. The molecule has 0 aromatic heterocycles. The maximum absolute atomic E-state index is 14.0. The second-order valence-electron chi connectivity index (χ2n) is 15.6. The predicted octanol–water partition coefficient (Wildman–Crippen LogP) is 7.02. The number of fused-ring (bicyclic) bond motifs is 6. The zero-order valence-corrected chi connectivity index (χ0v) is 38.4. The van der Waals surface area contributed by atoms with Crippen molar-refractivity contribution in [3.8, 4) is 17.2 Å². The number of alkyl halides is 2. The first-order chi connectivity index (χ1) is 32.0. The lowest BCUT2D eigenvalue weighted by Gasteiger charge is -2.18. The van der Waals surface area contributed by atoms with Crippen molar-refractivity contribution >= 4 is 108 Å². The lowest BCUT2D eigenvalue weighted by molar-refractivity contribution is -0.137. The zero-order chi connectivity index (χ0) is 47.6. The van der Waals surface area contributed by atoms with Gasteiger partial charge in [0.15, 0.2) is 0 Å². The normalized spacial score (nSPS) is 17.1. The highest BCUT2D eigenvalue weighted by Crippen LogP contribution is 2.51. The van der Waals surface area contributed by atoms with Crippen LogP contribution in [0.3, 0.4) is 0 Å². The van der Waals surface area contributed by atoms with Crippen LogP contribution in [-0.2, 0) is 33.0 Å². The van der Waals surface area contributed by atoms with E-state index in [9.17, 15) is 47.9 Å². The largest absolute Gasteiger partial charge is 0.524 e. The number of rotatable bonds is 17. The highest BCUT2D eigenvalue weighted by atomic mass is 35.5. The van der Waals surface area contributed by atoms with Gasteiger partial charge in [-0.3, -0.25) is 43.7 Å². The summed E-state index contributed by atoms with van der Waals surface area (Å²) in [7, 11) is -9.95. The van der Waals surface area contributed by atoms with E-state index in [0.29, 0.717) is 49.8 Å². The van der Waals surface area contributed by atoms with Gasteiger partial charge in [-0.25, -0.2) is 9.13 Å². The molecule has 348 valence electrons. The number of anilines is 2. The molecule has 3 heterocycles. The maximum Gasteiger partial charge on any atom is 0.524 e. The average Bonchev–Trinajstić information content (AvgIpc) is 3.97. The molecule has 3 aliphatic heterocycles. The molecule has 3 aliphatic rings. The van der Waals surface area contributed by atoms with E-state index in [0.717, 1.165) is 16.0 Å². The molecule has 0 fully saturated rings. The minimum absolute atomic E-state index is 0.00466. The van der Waals surface area contributed by atoms with Gasteiger partial charge in [0.1, 0.15) is 23.9 Å². The summed E-state index contributed by atoms with van der Waals surface area (Å²) in [6.07, 6.45) is 8.11. The van der Waals surface area contributed by atoms with Gasteiger partial charge in [0.25, 0.3) is 23.6 Å². The highest BCUT2D eigenvalue weighted by Gasteiger charge is 2.36. The van der Waals surface area contributed by atoms with Crippen molar-refractivity contribution in [2.24, 2.45) is 0 Å². The third kappa shape index (κ3) is 10.5. The monoisotopic (exact) mass is 991 g/mol. The minimum Gasteiger partial charge on any atom is -0.491 e. The quantitative estimate of drug-likeness (QED) is 0.0241. The minimum atomic E-state index is -4.98. The molecular weight excluding hydrogens is 951 g/mol. The number of ether oxygens (including phenoxy) is 2. The summed E-state index contributed by atoms with van der Waals surface area (Å²) in [4.78, 5) is 94.5. The van der Waals surface area contributed by atoms with Crippen molar-refractivity contribution < 1.29 is 66.4 Å². The molecule has 67 heavy (non-hydrogen) atoms. The fourth-order valence-electron chi connectivity index (χ4n) is 8.45. The summed E-state index contributed by atoms with van der Waals surface area (Å²) in [6, 6.07) is 21.7. The first-order valence-corrected chi connectivity index (χ1v) is 24.8. The first-order valence-electron chi connectivity index (χ1n) is 20.6. The van der Waals surface area contributed by atoms with E-state index in [1.165, 1.54) is 52.3 Å². The third-order valence-corrected chi connectivity index (χ3v) is 12.9. The van der Waals surface area contributed by atoms with Gasteiger partial charge >= 0.3 is 15.6 Å². The van der Waals surface area contributed by atoms with Crippen LogP contribution >= 0.6 is 38.8 Å². The first kappa shape index (κ1) is 47.6. The number of carbonyl (C=O) groups excluding carboxylic acids is 4. The van der Waals surface area contributed by atoms with Gasteiger partial charge in [-0.15, -0.1) is 23.2 Å². The zero-order valence-electron chi connectivity index (χ0n) is 35.1. The Morgan fingerprint density at radius 3 is 1.63 bits per heavy atom. The summed E-state index contributed by atoms with van der Waals surface area (Å²) in [5.41, 5.74) is 3.22. The van der Waals surface area contributed by atoms with Crippen LogP contribution in [-0.4, -0.2) is 99.3 Å². The van der Waals surface area contributed by atoms with Gasteiger partial charge in [-0.1, -0.05) is 60.7 Å². The number of amides is 4. The molecule has 4 amide bonds. The molecule has 0 aliphatic carbocycles. The van der Waals surface area contributed by atoms with Crippen LogP contribution in [0.2, 0.25) is 0 Å². The Balaban J connectivity index is 1.05. The Morgan fingerprint density at radius 2 is 1.13 bits per heavy atom. The fourth-order valence-corrected chi connectivity index (χ4v) is 9.77. The third-order valence-electron chi connectivity index (χ3n) is 11.3. The summed E-state index contributed by atoms with van der Waals surface area (Å²) < 4.78 is 45.8. The topological polar surface area (TPSA) is 230 Å². The number of benzene rings is 5. The van der Waals surface area contributed by atoms with Gasteiger partial charge in [0.2, 0.25) is 0 Å². The molecule has 0 radical (unpaired) electrons. The number of nitrogens with zero attached hydrogens (tertiary/aromatic N) is 3. The molecule has 0 saturated carbocycles. The van der Waals surface area contributed by atoms with E-state index in [1.54, 1.807) is 72.8 Å².